The number of rotatable bonds is 3. The zero-order valence-corrected chi connectivity index (χ0v) is 9.57. The van der Waals surface area contributed by atoms with Crippen molar-refractivity contribution in [3.05, 3.63) is 47.4 Å². The van der Waals surface area contributed by atoms with E-state index < -0.39 is 0 Å². The fraction of sp³-hybridized carbons (Fsp3) is 0.154. The first-order valence-corrected chi connectivity index (χ1v) is 5.39. The molecule has 0 saturated carbocycles. The first-order chi connectivity index (χ1) is 8.10. The van der Waals surface area contributed by atoms with Gasteiger partial charge >= 0.3 is 0 Å². The molecular weight excluding hydrogens is 216 g/mol. The van der Waals surface area contributed by atoms with Gasteiger partial charge in [0.25, 0.3) is 0 Å². The minimum absolute atomic E-state index is 0.205. The number of aryl methyl sites for hydroxylation is 1. The highest BCUT2D eigenvalue weighted by molar-refractivity contribution is 6.08. The fourth-order valence-electron chi connectivity index (χ4n) is 1.64. The predicted octanol–water partition coefficient (Wildman–Crippen LogP) is 2.24. The number of benzene rings is 1. The highest BCUT2D eigenvalue weighted by Crippen LogP contribution is 2.18. The van der Waals surface area contributed by atoms with Crippen LogP contribution in [-0.4, -0.2) is 5.78 Å². The summed E-state index contributed by atoms with van der Waals surface area (Å²) in [6.07, 6.45) is 0.756. The Morgan fingerprint density at radius 3 is 2.35 bits per heavy atom. The third-order valence-corrected chi connectivity index (χ3v) is 2.47. The van der Waals surface area contributed by atoms with Crippen LogP contribution in [0.25, 0.3) is 0 Å². The largest absolute Gasteiger partial charge is 0.458 e. The number of anilines is 2. The van der Waals surface area contributed by atoms with Gasteiger partial charge in [-0.25, -0.2) is 0 Å². The number of furan rings is 1. The van der Waals surface area contributed by atoms with E-state index in [0.717, 1.165) is 12.2 Å². The van der Waals surface area contributed by atoms with Crippen molar-refractivity contribution in [1.29, 1.82) is 0 Å². The number of nitrogen functional groups attached to an aromatic ring is 2. The van der Waals surface area contributed by atoms with E-state index in [2.05, 4.69) is 0 Å². The second-order valence-corrected chi connectivity index (χ2v) is 3.84. The highest BCUT2D eigenvalue weighted by Gasteiger charge is 2.14. The Kier molecular flexibility index (Phi) is 2.87. The summed E-state index contributed by atoms with van der Waals surface area (Å²) in [6, 6.07) is 8.25. The van der Waals surface area contributed by atoms with Crippen LogP contribution in [0.1, 0.15) is 28.8 Å². The van der Waals surface area contributed by atoms with Gasteiger partial charge in [0.05, 0.1) is 0 Å². The highest BCUT2D eigenvalue weighted by atomic mass is 16.3. The lowest BCUT2D eigenvalue weighted by Gasteiger charge is -2.02. The van der Waals surface area contributed by atoms with Crippen LogP contribution in [0.4, 0.5) is 11.4 Å². The molecule has 4 nitrogen and oxygen atoms in total. The van der Waals surface area contributed by atoms with Crippen molar-refractivity contribution >= 4 is 17.2 Å². The molecule has 88 valence electrons. The van der Waals surface area contributed by atoms with Crippen LogP contribution in [0.3, 0.4) is 0 Å². The molecule has 1 aromatic heterocycles. The van der Waals surface area contributed by atoms with Crippen molar-refractivity contribution in [3.63, 3.8) is 0 Å². The van der Waals surface area contributed by atoms with E-state index in [4.69, 9.17) is 15.9 Å². The first-order valence-electron chi connectivity index (χ1n) is 5.39. The number of hydrogen-bond acceptors (Lipinski definition) is 4. The number of carbonyl (C=O) groups is 1. The molecule has 0 radical (unpaired) electrons. The van der Waals surface area contributed by atoms with Crippen LogP contribution < -0.4 is 11.5 Å². The summed E-state index contributed by atoms with van der Waals surface area (Å²) >= 11 is 0. The number of hydrogen-bond donors (Lipinski definition) is 2. The van der Waals surface area contributed by atoms with E-state index in [1.165, 1.54) is 0 Å². The molecule has 0 saturated heterocycles. The molecule has 17 heavy (non-hydrogen) atoms. The van der Waals surface area contributed by atoms with E-state index in [-0.39, 0.29) is 5.78 Å². The van der Waals surface area contributed by atoms with Gasteiger partial charge in [0.15, 0.2) is 5.76 Å². The molecule has 4 heteroatoms. The van der Waals surface area contributed by atoms with E-state index in [1.807, 2.05) is 6.92 Å². The van der Waals surface area contributed by atoms with Crippen molar-refractivity contribution in [1.82, 2.24) is 0 Å². The fourth-order valence-corrected chi connectivity index (χ4v) is 1.64. The van der Waals surface area contributed by atoms with Gasteiger partial charge in [0.2, 0.25) is 5.78 Å². The normalized spacial score (nSPS) is 10.4. The lowest BCUT2D eigenvalue weighted by Crippen LogP contribution is -2.02. The second-order valence-electron chi connectivity index (χ2n) is 3.84. The SMILES string of the molecule is CCc1ccc(C(=O)c2cc(N)cc(N)c2)o1. The smallest absolute Gasteiger partial charge is 0.228 e. The lowest BCUT2D eigenvalue weighted by atomic mass is 10.1. The van der Waals surface area contributed by atoms with Crippen molar-refractivity contribution in [2.75, 3.05) is 11.5 Å². The topological polar surface area (TPSA) is 82.2 Å². The van der Waals surface area contributed by atoms with Crippen LogP contribution in [0, 0.1) is 0 Å². The minimum Gasteiger partial charge on any atom is -0.458 e. The summed E-state index contributed by atoms with van der Waals surface area (Å²) in [4.78, 5) is 12.1. The molecule has 4 N–H and O–H groups in total. The monoisotopic (exact) mass is 230 g/mol. The Morgan fingerprint density at radius 1 is 1.18 bits per heavy atom. The Labute approximate surface area is 99.2 Å². The third-order valence-electron chi connectivity index (χ3n) is 2.47. The molecule has 0 spiro atoms. The summed E-state index contributed by atoms with van der Waals surface area (Å²) in [7, 11) is 0. The molecule has 0 aliphatic heterocycles. The molecule has 0 amide bonds. The van der Waals surface area contributed by atoms with Gasteiger partial charge in [0, 0.05) is 23.4 Å². The number of carbonyl (C=O) groups excluding carboxylic acids is 1. The van der Waals surface area contributed by atoms with Gasteiger partial charge in [0.1, 0.15) is 5.76 Å². The molecule has 0 atom stereocenters. The van der Waals surface area contributed by atoms with Crippen LogP contribution in [0.2, 0.25) is 0 Å². The summed E-state index contributed by atoms with van der Waals surface area (Å²) in [6.45, 7) is 1.96. The zero-order chi connectivity index (χ0) is 12.4. The standard InChI is InChI=1S/C13H14N2O2/c1-2-11-3-4-12(17-11)13(16)8-5-9(14)7-10(15)6-8/h3-7H,2,14-15H2,1H3. The van der Waals surface area contributed by atoms with Gasteiger partial charge < -0.3 is 15.9 Å². The minimum atomic E-state index is -0.205. The lowest BCUT2D eigenvalue weighted by molar-refractivity contribution is 0.101. The van der Waals surface area contributed by atoms with Gasteiger partial charge in [-0.2, -0.15) is 0 Å². The third kappa shape index (κ3) is 2.30. The maximum absolute atomic E-state index is 12.1. The second kappa shape index (κ2) is 4.33. The maximum Gasteiger partial charge on any atom is 0.228 e. The van der Waals surface area contributed by atoms with Crippen molar-refractivity contribution in [2.24, 2.45) is 0 Å². The molecule has 0 aliphatic carbocycles. The summed E-state index contributed by atoms with van der Waals surface area (Å²) < 4.78 is 5.40. The van der Waals surface area contributed by atoms with E-state index in [0.29, 0.717) is 22.7 Å². The molecule has 0 bridgehead atoms. The van der Waals surface area contributed by atoms with E-state index in [9.17, 15) is 4.79 Å². The van der Waals surface area contributed by atoms with Crippen molar-refractivity contribution in [3.8, 4) is 0 Å². The van der Waals surface area contributed by atoms with Crippen molar-refractivity contribution in [2.45, 2.75) is 13.3 Å². The van der Waals surface area contributed by atoms with E-state index >= 15 is 0 Å². The molecule has 2 rings (SSSR count). The summed E-state index contributed by atoms with van der Waals surface area (Å²) in [5.74, 6) is 0.890. The van der Waals surface area contributed by atoms with Gasteiger partial charge in [-0.15, -0.1) is 0 Å². The predicted molar refractivity (Wildman–Crippen MR) is 66.8 cm³/mol. The summed E-state index contributed by atoms with van der Waals surface area (Å²) in [5.41, 5.74) is 12.7. The number of nitrogens with two attached hydrogens (primary N) is 2. The Morgan fingerprint density at radius 2 is 1.82 bits per heavy atom. The average Bonchev–Trinajstić information content (AvgIpc) is 2.75. The molecule has 0 unspecified atom stereocenters. The Balaban J connectivity index is 2.36. The molecule has 1 aromatic carbocycles. The van der Waals surface area contributed by atoms with Crippen molar-refractivity contribution < 1.29 is 9.21 Å². The quantitative estimate of drug-likeness (QED) is 0.625. The molecule has 1 heterocycles. The van der Waals surface area contributed by atoms with Crippen LogP contribution >= 0.6 is 0 Å². The average molecular weight is 230 g/mol. The van der Waals surface area contributed by atoms with E-state index in [1.54, 1.807) is 30.3 Å². The Hall–Kier alpha value is -2.23. The van der Waals surface area contributed by atoms with Crippen LogP contribution in [0.15, 0.2) is 34.7 Å². The van der Waals surface area contributed by atoms with Crippen LogP contribution in [0.5, 0.6) is 0 Å². The number of ketones is 1. The Bertz CT molecular complexity index is 538. The maximum atomic E-state index is 12.1. The molecule has 2 aromatic rings. The first kappa shape index (κ1) is 11.3. The molecule has 0 fully saturated rings. The van der Waals surface area contributed by atoms with Crippen LogP contribution in [-0.2, 0) is 6.42 Å². The van der Waals surface area contributed by atoms with Gasteiger partial charge in [-0.05, 0) is 30.3 Å². The molecule has 0 aliphatic rings. The molecular formula is C13H14N2O2. The zero-order valence-electron chi connectivity index (χ0n) is 9.57. The van der Waals surface area contributed by atoms with Gasteiger partial charge in [-0.3, -0.25) is 4.79 Å². The van der Waals surface area contributed by atoms with Gasteiger partial charge in [-0.1, -0.05) is 6.92 Å². The summed E-state index contributed by atoms with van der Waals surface area (Å²) in [5, 5.41) is 0.